The second-order valence-electron chi connectivity index (χ2n) is 5.83. The van der Waals surface area contributed by atoms with E-state index >= 15 is 0 Å². The van der Waals surface area contributed by atoms with Crippen LogP contribution in [-0.2, 0) is 4.79 Å². The van der Waals surface area contributed by atoms with Crippen LogP contribution in [0.5, 0.6) is 0 Å². The largest absolute Gasteiger partial charge is 0.299 e. The van der Waals surface area contributed by atoms with Gasteiger partial charge in [-0.3, -0.25) is 4.79 Å². The first-order chi connectivity index (χ1) is 5.85. The number of rotatable bonds is 1. The van der Waals surface area contributed by atoms with Crippen LogP contribution in [0.25, 0.3) is 0 Å². The van der Waals surface area contributed by atoms with Gasteiger partial charge in [0.15, 0.2) is 0 Å². The van der Waals surface area contributed by atoms with Crippen LogP contribution >= 0.6 is 0 Å². The van der Waals surface area contributed by atoms with Crippen molar-refractivity contribution in [2.45, 2.75) is 41.0 Å². The van der Waals surface area contributed by atoms with Crippen molar-refractivity contribution in [1.29, 1.82) is 0 Å². The molecule has 0 aromatic rings. The minimum absolute atomic E-state index is 0.0380. The van der Waals surface area contributed by atoms with E-state index in [1.807, 2.05) is 0 Å². The van der Waals surface area contributed by atoms with Crippen LogP contribution in [0, 0.1) is 28.6 Å². The fraction of sp³-hybridized carbons (Fsp3) is 0.917. The highest BCUT2D eigenvalue weighted by molar-refractivity contribution is 5.91. The fourth-order valence-electron chi connectivity index (χ4n) is 3.81. The summed E-state index contributed by atoms with van der Waals surface area (Å²) in [4.78, 5) is 12.0. The van der Waals surface area contributed by atoms with Gasteiger partial charge in [-0.1, -0.05) is 34.6 Å². The van der Waals surface area contributed by atoms with Crippen molar-refractivity contribution < 1.29 is 4.79 Å². The molecule has 0 aliphatic heterocycles. The standard InChI is InChI=1S/C12H20O/c1-7(2)12-6-9(12)11(4,5)10(13)8(12)3/h7-9H,6H2,1-5H3/t8-,9-,12-/m1/s1. The van der Waals surface area contributed by atoms with Gasteiger partial charge in [0.1, 0.15) is 5.78 Å². The lowest BCUT2D eigenvalue weighted by Crippen LogP contribution is -2.27. The van der Waals surface area contributed by atoms with Crippen molar-refractivity contribution in [2.24, 2.45) is 28.6 Å². The molecule has 0 unspecified atom stereocenters. The normalized spacial score (nSPS) is 46.8. The maximum Gasteiger partial charge on any atom is 0.142 e. The highest BCUT2D eigenvalue weighted by Crippen LogP contribution is 2.74. The van der Waals surface area contributed by atoms with Gasteiger partial charge >= 0.3 is 0 Å². The Morgan fingerprint density at radius 1 is 1.38 bits per heavy atom. The molecule has 1 heteroatoms. The monoisotopic (exact) mass is 180 g/mol. The maximum absolute atomic E-state index is 12.0. The summed E-state index contributed by atoms with van der Waals surface area (Å²) in [6.45, 7) is 10.9. The molecule has 2 fully saturated rings. The first-order valence-corrected chi connectivity index (χ1v) is 5.39. The molecule has 0 spiro atoms. The zero-order chi connectivity index (χ0) is 10.0. The van der Waals surface area contributed by atoms with E-state index in [1.165, 1.54) is 6.42 Å². The van der Waals surface area contributed by atoms with Crippen LogP contribution in [-0.4, -0.2) is 5.78 Å². The van der Waals surface area contributed by atoms with Gasteiger partial charge in [-0.2, -0.15) is 0 Å². The molecular weight excluding hydrogens is 160 g/mol. The molecule has 0 aromatic heterocycles. The molecule has 2 saturated carbocycles. The van der Waals surface area contributed by atoms with Gasteiger partial charge in [-0.25, -0.2) is 0 Å². The van der Waals surface area contributed by atoms with Crippen molar-refractivity contribution in [2.75, 3.05) is 0 Å². The molecule has 13 heavy (non-hydrogen) atoms. The predicted molar refractivity (Wildman–Crippen MR) is 53.3 cm³/mol. The van der Waals surface area contributed by atoms with Crippen LogP contribution < -0.4 is 0 Å². The molecule has 2 aliphatic rings. The van der Waals surface area contributed by atoms with Crippen LogP contribution in [0.3, 0.4) is 0 Å². The quantitative estimate of drug-likeness (QED) is 0.606. The summed E-state index contributed by atoms with van der Waals surface area (Å²) in [5, 5.41) is 0. The summed E-state index contributed by atoms with van der Waals surface area (Å²) in [6.07, 6.45) is 1.28. The van der Waals surface area contributed by atoms with Gasteiger partial charge in [-0.15, -0.1) is 0 Å². The molecule has 2 rings (SSSR count). The van der Waals surface area contributed by atoms with E-state index in [0.717, 1.165) is 0 Å². The fourth-order valence-corrected chi connectivity index (χ4v) is 3.81. The number of ketones is 1. The van der Waals surface area contributed by atoms with Crippen LogP contribution in [0.2, 0.25) is 0 Å². The number of carbonyl (C=O) groups excluding carboxylic acids is 1. The molecule has 74 valence electrons. The van der Waals surface area contributed by atoms with Crippen molar-refractivity contribution in [3.63, 3.8) is 0 Å². The third kappa shape index (κ3) is 0.812. The molecule has 0 saturated heterocycles. The zero-order valence-corrected chi connectivity index (χ0v) is 9.35. The number of carbonyl (C=O) groups is 1. The molecule has 0 amide bonds. The van der Waals surface area contributed by atoms with Gasteiger partial charge < -0.3 is 0 Å². The molecule has 0 N–H and O–H groups in total. The Morgan fingerprint density at radius 3 is 2.15 bits per heavy atom. The summed E-state index contributed by atoms with van der Waals surface area (Å²) in [5.74, 6) is 2.13. The highest BCUT2D eigenvalue weighted by Gasteiger charge is 2.73. The van der Waals surface area contributed by atoms with Gasteiger partial charge in [0.25, 0.3) is 0 Å². The Hall–Kier alpha value is -0.330. The predicted octanol–water partition coefficient (Wildman–Crippen LogP) is 2.89. The van der Waals surface area contributed by atoms with Crippen molar-refractivity contribution >= 4 is 5.78 Å². The molecule has 0 heterocycles. The van der Waals surface area contributed by atoms with E-state index in [4.69, 9.17) is 0 Å². The van der Waals surface area contributed by atoms with Crippen LogP contribution in [0.1, 0.15) is 41.0 Å². The Labute approximate surface area is 80.9 Å². The van der Waals surface area contributed by atoms with E-state index in [1.54, 1.807) is 0 Å². The lowest BCUT2D eigenvalue weighted by atomic mass is 9.81. The van der Waals surface area contributed by atoms with E-state index in [0.29, 0.717) is 29.0 Å². The SMILES string of the molecule is CC(C)[C@@]12C[C@@H]1C(C)(C)C(=O)[C@H]2C. The highest BCUT2D eigenvalue weighted by atomic mass is 16.1. The first kappa shape index (κ1) is 9.23. The van der Waals surface area contributed by atoms with Crippen LogP contribution in [0.15, 0.2) is 0 Å². The van der Waals surface area contributed by atoms with Gasteiger partial charge in [0, 0.05) is 11.3 Å². The van der Waals surface area contributed by atoms with Crippen LogP contribution in [0.4, 0.5) is 0 Å². The average Bonchev–Trinajstić information content (AvgIpc) is 2.73. The molecule has 2 aliphatic carbocycles. The molecule has 3 atom stereocenters. The maximum atomic E-state index is 12.0. The summed E-state index contributed by atoms with van der Waals surface area (Å²) >= 11 is 0. The third-order valence-corrected chi connectivity index (χ3v) is 4.83. The third-order valence-electron chi connectivity index (χ3n) is 4.83. The van der Waals surface area contributed by atoms with Gasteiger partial charge in [-0.05, 0) is 23.7 Å². The second-order valence-corrected chi connectivity index (χ2v) is 5.83. The lowest BCUT2D eigenvalue weighted by Gasteiger charge is -2.22. The number of hydrogen-bond donors (Lipinski definition) is 0. The Bertz CT molecular complexity index is 264. The zero-order valence-electron chi connectivity index (χ0n) is 9.35. The molecule has 1 nitrogen and oxygen atoms in total. The van der Waals surface area contributed by atoms with Crippen molar-refractivity contribution in [3.8, 4) is 0 Å². The molecular formula is C12H20O. The van der Waals surface area contributed by atoms with E-state index in [9.17, 15) is 4.79 Å². The second kappa shape index (κ2) is 2.18. The van der Waals surface area contributed by atoms with Crippen molar-refractivity contribution in [1.82, 2.24) is 0 Å². The van der Waals surface area contributed by atoms with Gasteiger partial charge in [0.2, 0.25) is 0 Å². The summed E-state index contributed by atoms with van der Waals surface area (Å²) in [6, 6.07) is 0. The summed E-state index contributed by atoms with van der Waals surface area (Å²) in [5.41, 5.74) is 0.338. The number of hydrogen-bond acceptors (Lipinski definition) is 1. The Kier molecular flexibility index (Phi) is 1.55. The summed E-state index contributed by atoms with van der Waals surface area (Å²) in [7, 11) is 0. The van der Waals surface area contributed by atoms with Gasteiger partial charge in [0.05, 0.1) is 0 Å². The summed E-state index contributed by atoms with van der Waals surface area (Å²) < 4.78 is 0. The van der Waals surface area contributed by atoms with E-state index < -0.39 is 0 Å². The minimum atomic E-state index is -0.0380. The number of fused-ring (bicyclic) bond motifs is 1. The topological polar surface area (TPSA) is 17.1 Å². The van der Waals surface area contributed by atoms with E-state index in [-0.39, 0.29) is 5.41 Å². The van der Waals surface area contributed by atoms with E-state index in [2.05, 4.69) is 34.6 Å². The van der Waals surface area contributed by atoms with Crippen molar-refractivity contribution in [3.05, 3.63) is 0 Å². The average molecular weight is 180 g/mol. The Balaban J connectivity index is 2.38. The molecule has 0 radical (unpaired) electrons. The molecule has 0 bridgehead atoms. The molecule has 0 aromatic carbocycles. The lowest BCUT2D eigenvalue weighted by molar-refractivity contribution is -0.129. The number of Topliss-reactive ketones (excluding diaryl/α,β-unsaturated/α-hetero) is 1. The minimum Gasteiger partial charge on any atom is -0.299 e. The Morgan fingerprint density at radius 2 is 1.92 bits per heavy atom. The smallest absolute Gasteiger partial charge is 0.142 e. The first-order valence-electron chi connectivity index (χ1n) is 5.39.